The topological polar surface area (TPSA) is 89.0 Å². The monoisotopic (exact) mass is 467 g/mol. The Bertz CT molecular complexity index is 1390. The summed E-state index contributed by atoms with van der Waals surface area (Å²) < 4.78 is 44.8. The minimum atomic E-state index is -4.62. The molecule has 4 rings (SSSR count). The zero-order valence-corrected chi connectivity index (χ0v) is 18.5. The second-order valence-electron chi connectivity index (χ2n) is 7.43. The Balaban J connectivity index is 1.66. The number of halogens is 3. The third-order valence-corrected chi connectivity index (χ3v) is 5.31. The molecule has 4 aromatic rings. The fourth-order valence-corrected chi connectivity index (χ4v) is 3.59. The highest BCUT2D eigenvalue weighted by Crippen LogP contribution is 2.38. The second kappa shape index (κ2) is 8.97. The molecule has 174 valence electrons. The number of alkyl halides is 3. The fourth-order valence-electron chi connectivity index (χ4n) is 3.59. The van der Waals surface area contributed by atoms with Crippen LogP contribution in [0.25, 0.3) is 22.2 Å². The number of aromatic nitrogens is 3. The average Bonchev–Trinajstić information content (AvgIpc) is 2.82. The Hall–Kier alpha value is -4.21. The van der Waals surface area contributed by atoms with Gasteiger partial charge in [0.15, 0.2) is 5.65 Å². The molecule has 0 bridgehead atoms. The summed E-state index contributed by atoms with van der Waals surface area (Å²) in [7, 11) is 2.87. The molecule has 0 aliphatic carbocycles. The Morgan fingerprint density at radius 3 is 2.56 bits per heavy atom. The van der Waals surface area contributed by atoms with E-state index in [0.717, 1.165) is 29.7 Å². The maximum Gasteiger partial charge on any atom is 0.420 e. The van der Waals surface area contributed by atoms with Gasteiger partial charge in [-0.15, -0.1) is 0 Å². The number of fused-ring (bicyclic) bond motifs is 1. The number of hydrogen-bond donors (Lipinski definition) is 2. The van der Waals surface area contributed by atoms with Crippen LogP contribution in [-0.4, -0.2) is 35.0 Å². The molecule has 2 aromatic heterocycles. The number of ether oxygens (including phenoxy) is 1. The predicted octanol–water partition coefficient (Wildman–Crippen LogP) is 5.32. The number of hydrogen-bond acceptors (Lipinski definition) is 6. The number of nitrogens with one attached hydrogen (secondary N) is 2. The number of carbonyl (C=O) groups is 1. The van der Waals surface area contributed by atoms with Crippen molar-refractivity contribution >= 4 is 28.6 Å². The van der Waals surface area contributed by atoms with Crippen LogP contribution in [0.1, 0.15) is 21.5 Å². The highest BCUT2D eigenvalue weighted by Gasteiger charge is 2.34. The first-order chi connectivity index (χ1) is 16.2. The molecule has 0 saturated heterocycles. The summed E-state index contributed by atoms with van der Waals surface area (Å²) in [6.45, 7) is 1.77. The number of carbonyl (C=O) groups excluding carboxylic acids is 1. The largest absolute Gasteiger partial charge is 0.496 e. The first kappa shape index (κ1) is 23.0. The summed E-state index contributed by atoms with van der Waals surface area (Å²) in [5.41, 5.74) is 2.04. The van der Waals surface area contributed by atoms with E-state index in [0.29, 0.717) is 22.7 Å². The van der Waals surface area contributed by atoms with Gasteiger partial charge in [-0.25, -0.2) is 9.97 Å². The van der Waals surface area contributed by atoms with E-state index in [1.165, 1.54) is 12.1 Å². The van der Waals surface area contributed by atoms with E-state index >= 15 is 0 Å². The highest BCUT2D eigenvalue weighted by atomic mass is 19.4. The molecule has 0 fully saturated rings. The molecular weight excluding hydrogens is 447 g/mol. The Labute approximate surface area is 193 Å². The standard InChI is InChI=1S/C24H20F3N5O2/c1-13-17(14-9-15-12-30-23(28-2)32-21(15)29-11-14)5-4-6-18(13)22(33)31-16-7-8-20(34-3)19(10-16)24(25,26)27/h4-12H,1-3H3,(H,31,33)(H,28,29,30,32). The molecule has 10 heteroatoms. The van der Waals surface area contributed by atoms with Gasteiger partial charge in [-0.1, -0.05) is 12.1 Å². The molecule has 0 saturated carbocycles. The van der Waals surface area contributed by atoms with E-state index < -0.39 is 17.6 Å². The van der Waals surface area contributed by atoms with E-state index in [9.17, 15) is 18.0 Å². The van der Waals surface area contributed by atoms with Crippen molar-refractivity contribution in [3.63, 3.8) is 0 Å². The number of benzene rings is 2. The maximum absolute atomic E-state index is 13.3. The van der Waals surface area contributed by atoms with Gasteiger partial charge < -0.3 is 15.4 Å². The summed E-state index contributed by atoms with van der Waals surface area (Å²) >= 11 is 0. The lowest BCUT2D eigenvalue weighted by Crippen LogP contribution is -2.15. The van der Waals surface area contributed by atoms with Crippen LogP contribution >= 0.6 is 0 Å². The van der Waals surface area contributed by atoms with Crippen LogP contribution in [0.5, 0.6) is 5.75 Å². The van der Waals surface area contributed by atoms with Crippen molar-refractivity contribution in [2.75, 3.05) is 24.8 Å². The lowest BCUT2D eigenvalue weighted by atomic mass is 9.96. The molecule has 0 radical (unpaired) electrons. The van der Waals surface area contributed by atoms with Gasteiger partial charge in [0, 0.05) is 41.6 Å². The van der Waals surface area contributed by atoms with Crippen molar-refractivity contribution in [1.82, 2.24) is 15.0 Å². The van der Waals surface area contributed by atoms with Gasteiger partial charge in [-0.2, -0.15) is 18.2 Å². The number of rotatable bonds is 5. The smallest absolute Gasteiger partial charge is 0.420 e. The van der Waals surface area contributed by atoms with Crippen LogP contribution in [0.3, 0.4) is 0 Å². The van der Waals surface area contributed by atoms with Gasteiger partial charge in [0.2, 0.25) is 5.95 Å². The molecule has 0 aliphatic heterocycles. The van der Waals surface area contributed by atoms with Gasteiger partial charge in [0.05, 0.1) is 12.7 Å². The number of amides is 1. The van der Waals surface area contributed by atoms with Crippen molar-refractivity contribution in [3.05, 3.63) is 71.5 Å². The van der Waals surface area contributed by atoms with Crippen LogP contribution in [-0.2, 0) is 6.18 Å². The summed E-state index contributed by atoms with van der Waals surface area (Å²) in [6, 6.07) is 10.4. The SMILES string of the molecule is CNc1ncc2cc(-c3cccc(C(=O)Nc4ccc(OC)c(C(F)(F)F)c4)c3C)cnc2n1. The first-order valence-corrected chi connectivity index (χ1v) is 10.2. The fraction of sp³-hybridized carbons (Fsp3) is 0.167. The van der Waals surface area contributed by atoms with Gasteiger partial charge in [-0.3, -0.25) is 4.79 Å². The molecule has 2 heterocycles. The Kier molecular flexibility index (Phi) is 6.06. The van der Waals surface area contributed by atoms with Gasteiger partial charge >= 0.3 is 6.18 Å². The summed E-state index contributed by atoms with van der Waals surface area (Å²) in [6.07, 6.45) is -1.32. The third-order valence-electron chi connectivity index (χ3n) is 5.31. The van der Waals surface area contributed by atoms with Crippen molar-refractivity contribution < 1.29 is 22.7 Å². The highest BCUT2D eigenvalue weighted by molar-refractivity contribution is 6.06. The molecule has 1 amide bonds. The van der Waals surface area contributed by atoms with Crippen LogP contribution in [0.15, 0.2) is 54.9 Å². The van der Waals surface area contributed by atoms with Crippen molar-refractivity contribution in [2.24, 2.45) is 0 Å². The molecule has 0 unspecified atom stereocenters. The van der Waals surface area contributed by atoms with E-state index in [4.69, 9.17) is 4.74 Å². The lowest BCUT2D eigenvalue weighted by molar-refractivity contribution is -0.138. The minimum absolute atomic E-state index is 0.00721. The van der Waals surface area contributed by atoms with Crippen LogP contribution in [0, 0.1) is 6.92 Å². The van der Waals surface area contributed by atoms with E-state index in [1.54, 1.807) is 38.5 Å². The molecule has 0 spiro atoms. The number of anilines is 2. The molecule has 0 aliphatic rings. The van der Waals surface area contributed by atoms with Crippen LogP contribution in [0.2, 0.25) is 0 Å². The quantitative estimate of drug-likeness (QED) is 0.413. The van der Waals surface area contributed by atoms with E-state index in [2.05, 4.69) is 25.6 Å². The molecule has 0 atom stereocenters. The molecule has 7 nitrogen and oxygen atoms in total. The molecular formula is C24H20F3N5O2. The molecule has 2 aromatic carbocycles. The number of pyridine rings is 1. The minimum Gasteiger partial charge on any atom is -0.496 e. The van der Waals surface area contributed by atoms with Crippen molar-refractivity contribution in [2.45, 2.75) is 13.1 Å². The van der Waals surface area contributed by atoms with E-state index in [-0.39, 0.29) is 11.4 Å². The van der Waals surface area contributed by atoms with Crippen molar-refractivity contribution in [1.29, 1.82) is 0 Å². The summed E-state index contributed by atoms with van der Waals surface area (Å²) in [5.74, 6) is -0.401. The number of nitrogens with zero attached hydrogens (tertiary/aromatic N) is 3. The van der Waals surface area contributed by atoms with Gasteiger partial charge in [0.1, 0.15) is 5.75 Å². The average molecular weight is 467 g/mol. The van der Waals surface area contributed by atoms with Crippen molar-refractivity contribution in [3.8, 4) is 16.9 Å². The Morgan fingerprint density at radius 2 is 1.85 bits per heavy atom. The molecule has 34 heavy (non-hydrogen) atoms. The predicted molar refractivity (Wildman–Crippen MR) is 123 cm³/mol. The zero-order valence-electron chi connectivity index (χ0n) is 18.5. The van der Waals surface area contributed by atoms with Gasteiger partial charge in [-0.05, 0) is 48.4 Å². The van der Waals surface area contributed by atoms with Gasteiger partial charge in [0.25, 0.3) is 5.91 Å². The third kappa shape index (κ3) is 4.47. The summed E-state index contributed by atoms with van der Waals surface area (Å²) in [5, 5.41) is 6.13. The molecule has 2 N–H and O–H groups in total. The Morgan fingerprint density at radius 1 is 1.06 bits per heavy atom. The normalized spacial score (nSPS) is 11.4. The first-order valence-electron chi connectivity index (χ1n) is 10.2. The van der Waals surface area contributed by atoms with Crippen LogP contribution < -0.4 is 15.4 Å². The summed E-state index contributed by atoms with van der Waals surface area (Å²) in [4.78, 5) is 25.8. The lowest BCUT2D eigenvalue weighted by Gasteiger charge is -2.15. The van der Waals surface area contributed by atoms with E-state index in [1.807, 2.05) is 12.1 Å². The second-order valence-corrected chi connectivity index (χ2v) is 7.43. The zero-order chi connectivity index (χ0) is 24.5. The maximum atomic E-state index is 13.3. The number of methoxy groups -OCH3 is 1. The van der Waals surface area contributed by atoms with Crippen LogP contribution in [0.4, 0.5) is 24.8 Å².